The maximum absolute atomic E-state index is 2.75. The average molecular weight is 884 g/mol. The molecule has 1 atom stereocenters. The first-order valence-electron chi connectivity index (χ1n) is 22.4. The van der Waals surface area contributed by atoms with Gasteiger partial charge >= 0.3 is 379 Å². The molecular formula is C59H56SiZr. The van der Waals surface area contributed by atoms with Crippen molar-refractivity contribution >= 4 is 47.2 Å². The van der Waals surface area contributed by atoms with E-state index < -0.39 is 28.3 Å². The van der Waals surface area contributed by atoms with Crippen LogP contribution in [0.4, 0.5) is 0 Å². The molecule has 0 radical (unpaired) electrons. The Labute approximate surface area is 375 Å². The normalized spacial score (nSPS) is 14.6. The summed E-state index contributed by atoms with van der Waals surface area (Å²) in [7, 11) is 0. The van der Waals surface area contributed by atoms with Gasteiger partial charge in [0.2, 0.25) is 0 Å². The van der Waals surface area contributed by atoms with Gasteiger partial charge in [0.05, 0.1) is 0 Å². The Kier molecular flexibility index (Phi) is 10.4. The van der Waals surface area contributed by atoms with Gasteiger partial charge in [0.15, 0.2) is 0 Å². The van der Waals surface area contributed by atoms with Crippen LogP contribution in [0.5, 0.6) is 0 Å². The molecule has 0 aliphatic heterocycles. The second-order valence-corrected chi connectivity index (χ2v) is 29.8. The molecule has 2 heteroatoms. The molecule has 0 nitrogen and oxygen atoms in total. The zero-order chi connectivity index (χ0) is 42.0. The van der Waals surface area contributed by atoms with Crippen molar-refractivity contribution in [3.63, 3.8) is 0 Å². The van der Waals surface area contributed by atoms with Crippen LogP contribution >= 0.6 is 0 Å². The molecule has 61 heavy (non-hydrogen) atoms. The summed E-state index contributed by atoms with van der Waals surface area (Å²) in [6.07, 6.45) is 5.85. The van der Waals surface area contributed by atoms with Crippen molar-refractivity contribution < 1.29 is 22.4 Å². The van der Waals surface area contributed by atoms with E-state index in [1.807, 2.05) is 0 Å². The first-order chi connectivity index (χ1) is 29.5. The summed E-state index contributed by atoms with van der Waals surface area (Å²) in [6.45, 7) is 17.0. The molecule has 0 saturated heterocycles. The fourth-order valence-electron chi connectivity index (χ4n) is 10.7. The van der Waals surface area contributed by atoms with Gasteiger partial charge in [-0.25, -0.2) is 0 Å². The van der Waals surface area contributed by atoms with E-state index in [4.69, 9.17) is 0 Å². The molecule has 0 spiro atoms. The summed E-state index contributed by atoms with van der Waals surface area (Å²) < 4.78 is 1.71. The molecule has 2 aliphatic carbocycles. The second-order valence-electron chi connectivity index (χ2n) is 19.6. The third kappa shape index (κ3) is 7.19. The number of hydrogen-bond acceptors (Lipinski definition) is 0. The Morgan fingerprint density at radius 3 is 1.82 bits per heavy atom. The van der Waals surface area contributed by atoms with Gasteiger partial charge < -0.3 is 0 Å². The van der Waals surface area contributed by atoms with E-state index in [0.29, 0.717) is 0 Å². The monoisotopic (exact) mass is 882 g/mol. The van der Waals surface area contributed by atoms with Gasteiger partial charge in [0.1, 0.15) is 0 Å². The van der Waals surface area contributed by atoms with Gasteiger partial charge in [-0.1, -0.05) is 0 Å². The van der Waals surface area contributed by atoms with Crippen molar-refractivity contribution in [2.75, 3.05) is 0 Å². The van der Waals surface area contributed by atoms with Crippen LogP contribution in [0.15, 0.2) is 163 Å². The summed E-state index contributed by atoms with van der Waals surface area (Å²) >= 11 is -1.20. The molecule has 0 aromatic heterocycles. The molecule has 0 fully saturated rings. The van der Waals surface area contributed by atoms with Crippen LogP contribution in [-0.4, -0.2) is 5.92 Å². The standard InChI is InChI=1S/C47H45.C12H11Si.Zr/c1-8-14-31-27-40-38(19-13-20-39(40)44-35-17-11-9-15-29(35)25-30-16-10-12-18-36(30)44)43(31)45-41-28-32-26-33(46(2,3)4)21-22-34(32)37(41)23-24-42(45)47(5,6)7;1-3-7-11(8-4-1)13-12-9-5-2-6-10-12;/h9-13,15-23,25-27,43H,8,14,28H2,1-7H3;1-10,13H;. The molecular weight excluding hydrogens is 828 g/mol. The number of rotatable bonds is 8. The molecule has 0 bridgehead atoms. The van der Waals surface area contributed by atoms with E-state index in [2.05, 4.69) is 212 Å². The Morgan fingerprint density at radius 1 is 0.590 bits per heavy atom. The maximum atomic E-state index is 2.75. The van der Waals surface area contributed by atoms with Gasteiger partial charge in [0, 0.05) is 0 Å². The fraction of sp³-hybridized carbons (Fsp3) is 0.220. The van der Waals surface area contributed by atoms with Gasteiger partial charge in [-0.15, -0.1) is 0 Å². The molecule has 8 aromatic rings. The van der Waals surface area contributed by atoms with Gasteiger partial charge in [0.25, 0.3) is 0 Å². The summed E-state index contributed by atoms with van der Waals surface area (Å²) in [5, 5.41) is 8.43. The molecule has 300 valence electrons. The van der Waals surface area contributed by atoms with Crippen LogP contribution in [-0.2, 0) is 39.6 Å². The Hall–Kier alpha value is -4.88. The zero-order valence-electron chi connectivity index (χ0n) is 36.9. The molecule has 0 heterocycles. The molecule has 2 aliphatic rings. The average Bonchev–Trinajstić information content (AvgIpc) is 3.82. The topological polar surface area (TPSA) is 0 Å². The van der Waals surface area contributed by atoms with Gasteiger partial charge in [-0.2, -0.15) is 0 Å². The van der Waals surface area contributed by atoms with Crippen LogP contribution in [0.25, 0.3) is 49.9 Å². The van der Waals surface area contributed by atoms with Crippen LogP contribution in [0.3, 0.4) is 0 Å². The minimum atomic E-state index is -1.51. The molecule has 10 rings (SSSR count). The van der Waals surface area contributed by atoms with E-state index in [9.17, 15) is 0 Å². The van der Waals surface area contributed by atoms with Crippen LogP contribution in [0, 0.1) is 0 Å². The number of allylic oxidation sites excluding steroid dienone is 1. The first kappa shape index (κ1) is 40.2. The number of hydrogen-bond donors (Lipinski definition) is 0. The second kappa shape index (κ2) is 15.8. The molecule has 0 saturated carbocycles. The van der Waals surface area contributed by atoms with E-state index in [0.717, 1.165) is 19.3 Å². The van der Waals surface area contributed by atoms with Crippen molar-refractivity contribution in [2.45, 2.75) is 84.5 Å². The van der Waals surface area contributed by atoms with Crippen molar-refractivity contribution in [1.82, 2.24) is 0 Å². The third-order valence-electron chi connectivity index (χ3n) is 13.4. The van der Waals surface area contributed by atoms with Crippen molar-refractivity contribution in [2.24, 2.45) is 0 Å². The minimum absolute atomic E-state index is 0.0400. The SMILES string of the molecule is CCCC1=Cc2c(-c3c4ccccc4cc4ccccc34)cccc2C1c1c2c(c[c]([Zr][SiH](c3ccccc3)c3ccccc3)c1C(C)(C)C)-c1ccc(C(C)(C)C)cc1C2. The summed E-state index contributed by atoms with van der Waals surface area (Å²) in [5.74, 6) is -1.30. The Balaban J connectivity index is 1.26. The van der Waals surface area contributed by atoms with Crippen LogP contribution < -0.4 is 13.6 Å². The summed E-state index contributed by atoms with van der Waals surface area (Å²) in [6, 6.07) is 61.1. The quantitative estimate of drug-likeness (QED) is 0.105. The van der Waals surface area contributed by atoms with Crippen LogP contribution in [0.1, 0.15) is 106 Å². The molecule has 1 unspecified atom stereocenters. The molecule has 0 N–H and O–H groups in total. The van der Waals surface area contributed by atoms with E-state index in [1.165, 1.54) is 66.1 Å². The number of fused-ring (bicyclic) bond motifs is 6. The van der Waals surface area contributed by atoms with E-state index in [1.54, 1.807) is 35.9 Å². The summed E-state index contributed by atoms with van der Waals surface area (Å²) in [5.41, 5.74) is 18.0. The Morgan fingerprint density at radius 2 is 1.21 bits per heavy atom. The van der Waals surface area contributed by atoms with E-state index >= 15 is 0 Å². The van der Waals surface area contributed by atoms with Gasteiger partial charge in [-0.3, -0.25) is 0 Å². The van der Waals surface area contributed by atoms with Crippen molar-refractivity contribution in [3.8, 4) is 22.3 Å². The predicted octanol–water partition coefficient (Wildman–Crippen LogP) is 13.4. The fourth-order valence-corrected chi connectivity index (χ4v) is 24.1. The predicted molar refractivity (Wildman–Crippen MR) is 263 cm³/mol. The first-order valence-corrected chi connectivity index (χ1v) is 29.7. The third-order valence-corrected chi connectivity index (χ3v) is 26.5. The van der Waals surface area contributed by atoms with Crippen molar-refractivity contribution in [3.05, 3.63) is 202 Å². The molecule has 0 amide bonds. The van der Waals surface area contributed by atoms with Crippen LogP contribution in [0.2, 0.25) is 0 Å². The van der Waals surface area contributed by atoms with Crippen molar-refractivity contribution in [1.29, 1.82) is 0 Å². The summed E-state index contributed by atoms with van der Waals surface area (Å²) in [4.78, 5) is 0. The Bertz CT molecular complexity index is 2900. The molecule has 8 aromatic carbocycles. The van der Waals surface area contributed by atoms with E-state index in [-0.39, 0.29) is 16.7 Å². The van der Waals surface area contributed by atoms with Gasteiger partial charge in [-0.05, 0) is 0 Å². The zero-order valence-corrected chi connectivity index (χ0v) is 40.5. The number of benzene rings is 8.